The first-order chi connectivity index (χ1) is 9.08. The van der Waals surface area contributed by atoms with Gasteiger partial charge in [-0.3, -0.25) is 0 Å². The Balaban J connectivity index is 2.25. The molecule has 0 spiro atoms. The SMILES string of the molecule is CCCNc1nc(CCC)nc(NC2(C)CC2)c1C. The summed E-state index contributed by atoms with van der Waals surface area (Å²) in [7, 11) is 0. The molecule has 106 valence electrons. The van der Waals surface area contributed by atoms with E-state index in [4.69, 9.17) is 4.98 Å². The number of nitrogens with one attached hydrogen (secondary N) is 2. The Hall–Kier alpha value is -1.32. The van der Waals surface area contributed by atoms with Gasteiger partial charge in [0.25, 0.3) is 0 Å². The van der Waals surface area contributed by atoms with E-state index in [1.54, 1.807) is 0 Å². The predicted octanol–water partition coefficient (Wildman–Crippen LogP) is 3.52. The molecule has 0 unspecified atom stereocenters. The van der Waals surface area contributed by atoms with E-state index >= 15 is 0 Å². The Labute approximate surface area is 116 Å². The molecule has 19 heavy (non-hydrogen) atoms. The van der Waals surface area contributed by atoms with Crippen molar-refractivity contribution in [2.75, 3.05) is 17.2 Å². The van der Waals surface area contributed by atoms with E-state index in [9.17, 15) is 0 Å². The largest absolute Gasteiger partial charge is 0.370 e. The highest BCUT2D eigenvalue weighted by Crippen LogP contribution is 2.39. The molecule has 1 saturated carbocycles. The zero-order valence-corrected chi connectivity index (χ0v) is 12.6. The smallest absolute Gasteiger partial charge is 0.135 e. The monoisotopic (exact) mass is 262 g/mol. The molecular weight excluding hydrogens is 236 g/mol. The minimum absolute atomic E-state index is 0.255. The fourth-order valence-electron chi connectivity index (χ4n) is 2.03. The van der Waals surface area contributed by atoms with Crippen LogP contribution in [0.1, 0.15) is 57.8 Å². The van der Waals surface area contributed by atoms with Crippen molar-refractivity contribution in [3.05, 3.63) is 11.4 Å². The Bertz CT molecular complexity index is 438. The summed E-state index contributed by atoms with van der Waals surface area (Å²) in [6.07, 6.45) is 5.58. The first-order valence-electron chi connectivity index (χ1n) is 7.47. The van der Waals surface area contributed by atoms with E-state index in [2.05, 4.69) is 43.3 Å². The Morgan fingerprint density at radius 3 is 2.37 bits per heavy atom. The molecule has 1 heterocycles. The van der Waals surface area contributed by atoms with Crippen LogP contribution in [0.2, 0.25) is 0 Å². The van der Waals surface area contributed by atoms with Crippen LogP contribution >= 0.6 is 0 Å². The van der Waals surface area contributed by atoms with Gasteiger partial charge >= 0.3 is 0 Å². The second kappa shape index (κ2) is 5.76. The first-order valence-corrected chi connectivity index (χ1v) is 7.47. The van der Waals surface area contributed by atoms with Crippen LogP contribution in [-0.2, 0) is 6.42 Å². The van der Waals surface area contributed by atoms with Crippen LogP contribution in [0.5, 0.6) is 0 Å². The van der Waals surface area contributed by atoms with E-state index in [1.807, 2.05) is 0 Å². The molecular formula is C15H26N4. The van der Waals surface area contributed by atoms with Gasteiger partial charge in [-0.2, -0.15) is 0 Å². The number of aromatic nitrogens is 2. The van der Waals surface area contributed by atoms with Crippen molar-refractivity contribution < 1.29 is 0 Å². The number of hydrogen-bond acceptors (Lipinski definition) is 4. The molecule has 4 nitrogen and oxygen atoms in total. The van der Waals surface area contributed by atoms with Gasteiger partial charge in [-0.05, 0) is 39.5 Å². The molecule has 1 aliphatic carbocycles. The Morgan fingerprint density at radius 2 is 1.79 bits per heavy atom. The summed E-state index contributed by atoms with van der Waals surface area (Å²) in [6.45, 7) is 9.65. The van der Waals surface area contributed by atoms with Crippen molar-refractivity contribution in [2.24, 2.45) is 0 Å². The summed E-state index contributed by atoms with van der Waals surface area (Å²) in [5.41, 5.74) is 1.39. The zero-order chi connectivity index (χ0) is 13.9. The summed E-state index contributed by atoms with van der Waals surface area (Å²) < 4.78 is 0. The number of nitrogens with zero attached hydrogens (tertiary/aromatic N) is 2. The van der Waals surface area contributed by atoms with E-state index in [-0.39, 0.29) is 5.54 Å². The number of aryl methyl sites for hydroxylation is 1. The molecule has 0 saturated heterocycles. The minimum atomic E-state index is 0.255. The standard InChI is InChI=1S/C15H26N4/c1-5-7-12-17-13(16-10-6-2)11(3)14(18-12)19-15(4)8-9-15/h5-10H2,1-4H3,(H2,16,17,18,19). The third-order valence-corrected chi connectivity index (χ3v) is 3.63. The van der Waals surface area contributed by atoms with Gasteiger partial charge in [-0.1, -0.05) is 13.8 Å². The molecule has 1 fully saturated rings. The van der Waals surface area contributed by atoms with E-state index < -0.39 is 0 Å². The molecule has 0 amide bonds. The summed E-state index contributed by atoms with van der Waals surface area (Å²) in [6, 6.07) is 0. The highest BCUT2D eigenvalue weighted by atomic mass is 15.1. The molecule has 0 radical (unpaired) electrons. The lowest BCUT2D eigenvalue weighted by Crippen LogP contribution is -2.20. The van der Waals surface area contributed by atoms with Crippen molar-refractivity contribution in [1.82, 2.24) is 9.97 Å². The Kier molecular flexibility index (Phi) is 4.27. The van der Waals surface area contributed by atoms with E-state index in [0.29, 0.717) is 0 Å². The van der Waals surface area contributed by atoms with E-state index in [1.165, 1.54) is 12.8 Å². The van der Waals surface area contributed by atoms with Crippen LogP contribution in [-0.4, -0.2) is 22.1 Å². The van der Waals surface area contributed by atoms with Gasteiger partial charge in [-0.15, -0.1) is 0 Å². The van der Waals surface area contributed by atoms with Crippen LogP contribution < -0.4 is 10.6 Å². The molecule has 0 atom stereocenters. The molecule has 2 rings (SSSR count). The molecule has 1 aliphatic rings. The van der Waals surface area contributed by atoms with Crippen molar-refractivity contribution in [3.63, 3.8) is 0 Å². The molecule has 0 bridgehead atoms. The summed E-state index contributed by atoms with van der Waals surface area (Å²) in [4.78, 5) is 9.34. The quantitative estimate of drug-likeness (QED) is 0.789. The van der Waals surface area contributed by atoms with Gasteiger partial charge in [0.1, 0.15) is 17.5 Å². The van der Waals surface area contributed by atoms with Gasteiger partial charge < -0.3 is 10.6 Å². The molecule has 2 N–H and O–H groups in total. The van der Waals surface area contributed by atoms with Gasteiger partial charge in [0.2, 0.25) is 0 Å². The maximum atomic E-state index is 4.69. The average Bonchev–Trinajstić information content (AvgIpc) is 3.09. The lowest BCUT2D eigenvalue weighted by molar-refractivity contribution is 0.792. The van der Waals surface area contributed by atoms with Crippen molar-refractivity contribution >= 4 is 11.6 Å². The second-order valence-electron chi connectivity index (χ2n) is 5.82. The van der Waals surface area contributed by atoms with Gasteiger partial charge in [-0.25, -0.2) is 9.97 Å². The minimum Gasteiger partial charge on any atom is -0.370 e. The maximum Gasteiger partial charge on any atom is 0.135 e. The molecule has 0 aromatic carbocycles. The highest BCUT2D eigenvalue weighted by molar-refractivity contribution is 5.58. The highest BCUT2D eigenvalue weighted by Gasteiger charge is 2.38. The number of hydrogen-bond donors (Lipinski definition) is 2. The van der Waals surface area contributed by atoms with Crippen molar-refractivity contribution in [2.45, 2.75) is 65.3 Å². The fourth-order valence-corrected chi connectivity index (χ4v) is 2.03. The summed E-state index contributed by atoms with van der Waals surface area (Å²) in [5, 5.41) is 7.00. The molecule has 1 aromatic rings. The second-order valence-corrected chi connectivity index (χ2v) is 5.82. The van der Waals surface area contributed by atoms with Crippen LogP contribution in [0.15, 0.2) is 0 Å². The topological polar surface area (TPSA) is 49.8 Å². The van der Waals surface area contributed by atoms with Gasteiger partial charge in [0.15, 0.2) is 0 Å². The van der Waals surface area contributed by atoms with Crippen LogP contribution in [0, 0.1) is 6.92 Å². The van der Waals surface area contributed by atoms with Crippen molar-refractivity contribution in [1.29, 1.82) is 0 Å². The third kappa shape index (κ3) is 3.58. The van der Waals surface area contributed by atoms with Gasteiger partial charge in [0, 0.05) is 24.1 Å². The van der Waals surface area contributed by atoms with Gasteiger partial charge in [0.05, 0.1) is 0 Å². The predicted molar refractivity (Wildman–Crippen MR) is 80.8 cm³/mol. The van der Waals surface area contributed by atoms with Crippen molar-refractivity contribution in [3.8, 4) is 0 Å². The molecule has 1 aromatic heterocycles. The number of rotatable bonds is 7. The maximum absolute atomic E-state index is 4.69. The number of anilines is 2. The van der Waals surface area contributed by atoms with Crippen LogP contribution in [0.25, 0.3) is 0 Å². The van der Waals surface area contributed by atoms with Crippen LogP contribution in [0.4, 0.5) is 11.6 Å². The normalized spacial score (nSPS) is 16.2. The third-order valence-electron chi connectivity index (χ3n) is 3.63. The average molecular weight is 262 g/mol. The van der Waals surface area contributed by atoms with E-state index in [0.717, 1.165) is 48.8 Å². The Morgan fingerprint density at radius 1 is 1.11 bits per heavy atom. The first kappa shape index (κ1) is 14.1. The molecule has 0 aliphatic heterocycles. The summed E-state index contributed by atoms with van der Waals surface area (Å²) in [5.74, 6) is 2.95. The molecule has 4 heteroatoms. The fraction of sp³-hybridized carbons (Fsp3) is 0.733. The van der Waals surface area contributed by atoms with Crippen LogP contribution in [0.3, 0.4) is 0 Å². The lowest BCUT2D eigenvalue weighted by atomic mass is 10.2. The lowest BCUT2D eigenvalue weighted by Gasteiger charge is -2.18. The zero-order valence-electron chi connectivity index (χ0n) is 12.6. The summed E-state index contributed by atoms with van der Waals surface area (Å²) >= 11 is 0.